The largest absolute Gasteiger partial charge is 0.494 e. The van der Waals surface area contributed by atoms with Crippen molar-refractivity contribution in [3.8, 4) is 5.75 Å². The van der Waals surface area contributed by atoms with Crippen LogP contribution in [0.3, 0.4) is 0 Å². The van der Waals surface area contributed by atoms with Gasteiger partial charge in [-0.05, 0) is 38.1 Å². The Morgan fingerprint density at radius 2 is 1.96 bits per heavy atom. The first kappa shape index (κ1) is 18.2. The summed E-state index contributed by atoms with van der Waals surface area (Å²) in [5.74, 6) is 0.924. The molecule has 0 bridgehead atoms. The molecular weight excluding hydrogens is 288 g/mol. The lowest BCUT2D eigenvalue weighted by molar-refractivity contribution is 0.0341. The van der Waals surface area contributed by atoms with Gasteiger partial charge in [0.1, 0.15) is 5.75 Å². The van der Waals surface area contributed by atoms with Crippen molar-refractivity contribution in [2.24, 2.45) is 0 Å². The molecule has 130 valence electrons. The molecule has 2 unspecified atom stereocenters. The van der Waals surface area contributed by atoms with E-state index in [1.54, 1.807) is 0 Å². The van der Waals surface area contributed by atoms with Crippen LogP contribution in [0.25, 0.3) is 0 Å². The van der Waals surface area contributed by atoms with E-state index in [0.717, 1.165) is 38.4 Å². The topological polar surface area (TPSA) is 35.9 Å². The molecule has 0 amide bonds. The van der Waals surface area contributed by atoms with Crippen LogP contribution in [0.15, 0.2) is 24.3 Å². The highest BCUT2D eigenvalue weighted by Crippen LogP contribution is 2.26. The molecule has 0 aliphatic carbocycles. The number of rotatable bonds is 8. The second-order valence-corrected chi connectivity index (χ2v) is 6.67. The molecule has 0 aromatic heterocycles. The van der Waals surface area contributed by atoms with Crippen molar-refractivity contribution < 1.29 is 9.84 Å². The fourth-order valence-corrected chi connectivity index (χ4v) is 3.35. The van der Waals surface area contributed by atoms with Crippen LogP contribution in [-0.4, -0.2) is 60.8 Å². The average Bonchev–Trinajstić information content (AvgIpc) is 2.55. The van der Waals surface area contributed by atoms with Crippen LogP contribution in [0.1, 0.15) is 44.7 Å². The monoisotopic (exact) mass is 320 g/mol. The minimum atomic E-state index is 0.0767. The SMILES string of the molecule is CCCCCOc1ccc(C(CO)N2CCN(C)CC2C)cc1. The van der Waals surface area contributed by atoms with Crippen LogP contribution in [0, 0.1) is 0 Å². The van der Waals surface area contributed by atoms with Crippen LogP contribution in [0.2, 0.25) is 0 Å². The van der Waals surface area contributed by atoms with E-state index < -0.39 is 0 Å². The molecule has 1 aromatic rings. The number of piperazine rings is 1. The lowest BCUT2D eigenvalue weighted by Gasteiger charge is -2.42. The Morgan fingerprint density at radius 1 is 1.22 bits per heavy atom. The Kier molecular flexibility index (Phi) is 7.34. The normalized spacial score (nSPS) is 21.3. The molecule has 2 rings (SSSR count). The Balaban J connectivity index is 1.95. The molecule has 2 atom stereocenters. The van der Waals surface area contributed by atoms with Gasteiger partial charge in [0.2, 0.25) is 0 Å². The van der Waals surface area contributed by atoms with Gasteiger partial charge < -0.3 is 14.7 Å². The van der Waals surface area contributed by atoms with Gasteiger partial charge in [-0.1, -0.05) is 31.9 Å². The third kappa shape index (κ3) is 5.20. The maximum atomic E-state index is 9.90. The van der Waals surface area contributed by atoms with Crippen molar-refractivity contribution >= 4 is 0 Å². The predicted molar refractivity (Wildman–Crippen MR) is 95.0 cm³/mol. The molecule has 4 nitrogen and oxygen atoms in total. The van der Waals surface area contributed by atoms with Crippen LogP contribution < -0.4 is 4.74 Å². The minimum Gasteiger partial charge on any atom is -0.494 e. The number of likely N-dealkylation sites (N-methyl/N-ethyl adjacent to an activating group) is 1. The first-order chi connectivity index (χ1) is 11.2. The lowest BCUT2D eigenvalue weighted by atomic mass is 10.0. The Labute approximate surface area is 141 Å². The number of hydrogen-bond donors (Lipinski definition) is 1. The molecule has 1 aliphatic rings. The quantitative estimate of drug-likeness (QED) is 0.747. The summed E-state index contributed by atoms with van der Waals surface area (Å²) in [5.41, 5.74) is 1.17. The van der Waals surface area contributed by atoms with E-state index in [4.69, 9.17) is 4.74 Å². The Morgan fingerprint density at radius 3 is 2.57 bits per heavy atom. The molecule has 1 fully saturated rings. The summed E-state index contributed by atoms with van der Waals surface area (Å²) in [5, 5.41) is 9.90. The number of aliphatic hydroxyl groups excluding tert-OH is 1. The first-order valence-electron chi connectivity index (χ1n) is 8.93. The average molecular weight is 320 g/mol. The molecule has 1 heterocycles. The minimum absolute atomic E-state index is 0.0767. The summed E-state index contributed by atoms with van der Waals surface area (Å²) < 4.78 is 5.77. The van der Waals surface area contributed by atoms with Crippen molar-refractivity contribution in [1.82, 2.24) is 9.80 Å². The third-order valence-electron chi connectivity index (χ3n) is 4.74. The first-order valence-corrected chi connectivity index (χ1v) is 8.93. The fraction of sp³-hybridized carbons (Fsp3) is 0.684. The molecule has 0 saturated carbocycles. The van der Waals surface area contributed by atoms with Crippen molar-refractivity contribution in [3.63, 3.8) is 0 Å². The van der Waals surface area contributed by atoms with Crippen LogP contribution in [-0.2, 0) is 0 Å². The summed E-state index contributed by atoms with van der Waals surface area (Å²) in [6.07, 6.45) is 3.53. The van der Waals surface area contributed by atoms with Gasteiger partial charge in [0.05, 0.1) is 19.3 Å². The number of nitrogens with zero attached hydrogens (tertiary/aromatic N) is 2. The highest BCUT2D eigenvalue weighted by atomic mass is 16.5. The van der Waals surface area contributed by atoms with Crippen LogP contribution in [0.5, 0.6) is 5.75 Å². The van der Waals surface area contributed by atoms with E-state index in [1.165, 1.54) is 18.4 Å². The predicted octanol–water partition coefficient (Wildman–Crippen LogP) is 2.92. The number of aliphatic hydroxyl groups is 1. The van der Waals surface area contributed by atoms with Crippen molar-refractivity contribution in [1.29, 1.82) is 0 Å². The molecule has 23 heavy (non-hydrogen) atoms. The number of hydrogen-bond acceptors (Lipinski definition) is 4. The molecule has 4 heteroatoms. The highest BCUT2D eigenvalue weighted by Gasteiger charge is 2.28. The second-order valence-electron chi connectivity index (χ2n) is 6.67. The van der Waals surface area contributed by atoms with E-state index in [1.807, 2.05) is 12.1 Å². The van der Waals surface area contributed by atoms with Crippen molar-refractivity contribution in [2.75, 3.05) is 39.9 Å². The number of benzene rings is 1. The molecule has 1 aromatic carbocycles. The lowest BCUT2D eigenvalue weighted by Crippen LogP contribution is -2.52. The van der Waals surface area contributed by atoms with Gasteiger partial charge >= 0.3 is 0 Å². The molecule has 1 aliphatic heterocycles. The molecule has 0 spiro atoms. The van der Waals surface area contributed by atoms with Gasteiger partial charge in [-0.3, -0.25) is 4.90 Å². The zero-order valence-corrected chi connectivity index (χ0v) is 14.9. The van der Waals surface area contributed by atoms with Gasteiger partial charge in [-0.15, -0.1) is 0 Å². The molecule has 1 saturated heterocycles. The molecule has 0 radical (unpaired) electrons. The summed E-state index contributed by atoms with van der Waals surface area (Å²) in [6, 6.07) is 8.79. The van der Waals surface area contributed by atoms with Gasteiger partial charge in [-0.25, -0.2) is 0 Å². The smallest absolute Gasteiger partial charge is 0.119 e. The van der Waals surface area contributed by atoms with E-state index >= 15 is 0 Å². The summed E-state index contributed by atoms with van der Waals surface area (Å²) in [4.78, 5) is 4.76. The second kappa shape index (κ2) is 9.26. The van der Waals surface area contributed by atoms with Crippen molar-refractivity contribution in [3.05, 3.63) is 29.8 Å². The van der Waals surface area contributed by atoms with Crippen molar-refractivity contribution in [2.45, 2.75) is 45.2 Å². The fourth-order valence-electron chi connectivity index (χ4n) is 3.35. The maximum absolute atomic E-state index is 9.90. The standard InChI is InChI=1S/C19H32N2O2/c1-4-5-6-13-23-18-9-7-17(8-10-18)19(15-22)21-12-11-20(3)14-16(21)2/h7-10,16,19,22H,4-6,11-15H2,1-3H3. The van der Waals surface area contributed by atoms with E-state index in [0.29, 0.717) is 6.04 Å². The van der Waals surface area contributed by atoms with Gasteiger partial charge in [0.25, 0.3) is 0 Å². The van der Waals surface area contributed by atoms with Gasteiger partial charge in [-0.2, -0.15) is 0 Å². The zero-order valence-electron chi connectivity index (χ0n) is 14.9. The molecule has 1 N–H and O–H groups in total. The molecular formula is C19H32N2O2. The summed E-state index contributed by atoms with van der Waals surface area (Å²) >= 11 is 0. The van der Waals surface area contributed by atoms with Gasteiger partial charge in [0.15, 0.2) is 0 Å². The van der Waals surface area contributed by atoms with E-state index in [-0.39, 0.29) is 12.6 Å². The maximum Gasteiger partial charge on any atom is 0.119 e. The third-order valence-corrected chi connectivity index (χ3v) is 4.74. The highest BCUT2D eigenvalue weighted by molar-refractivity contribution is 5.29. The van der Waals surface area contributed by atoms with E-state index in [9.17, 15) is 5.11 Å². The van der Waals surface area contributed by atoms with Crippen LogP contribution >= 0.6 is 0 Å². The Bertz CT molecular complexity index is 449. The van der Waals surface area contributed by atoms with Gasteiger partial charge in [0, 0.05) is 25.7 Å². The number of unbranched alkanes of at least 4 members (excludes halogenated alkanes) is 2. The summed E-state index contributed by atoms with van der Waals surface area (Å²) in [7, 11) is 2.16. The number of ether oxygens (including phenoxy) is 1. The Hall–Kier alpha value is -1.10. The summed E-state index contributed by atoms with van der Waals surface area (Å²) in [6.45, 7) is 8.48. The van der Waals surface area contributed by atoms with Crippen LogP contribution in [0.4, 0.5) is 0 Å². The van der Waals surface area contributed by atoms with E-state index in [2.05, 4.69) is 42.8 Å². The zero-order chi connectivity index (χ0) is 16.7.